The standard InChI is InChI=1S/C24H30O4/c1-23(2)11-17(25)21(18(26)12-23)16(10-15-8-6-5-7-9-15)22-19(27)13-24(3,4)14-20(22)28/h5-9,16,21-22H,10-14H2,1-4H3. The lowest BCUT2D eigenvalue weighted by molar-refractivity contribution is -0.148. The lowest BCUT2D eigenvalue weighted by atomic mass is 9.59. The number of benzene rings is 1. The summed E-state index contributed by atoms with van der Waals surface area (Å²) < 4.78 is 0. The van der Waals surface area contributed by atoms with Crippen molar-refractivity contribution in [3.05, 3.63) is 35.9 Å². The van der Waals surface area contributed by atoms with Crippen LogP contribution in [0.4, 0.5) is 0 Å². The molecule has 2 saturated carbocycles. The lowest BCUT2D eigenvalue weighted by Gasteiger charge is -2.41. The summed E-state index contributed by atoms with van der Waals surface area (Å²) in [5.74, 6) is -2.75. The summed E-state index contributed by atoms with van der Waals surface area (Å²) in [5.41, 5.74) is 0.234. The van der Waals surface area contributed by atoms with E-state index in [0.717, 1.165) is 5.56 Å². The summed E-state index contributed by atoms with van der Waals surface area (Å²) in [6, 6.07) is 9.55. The first kappa shape index (κ1) is 20.6. The second-order valence-electron chi connectivity index (χ2n) is 10.2. The fourth-order valence-corrected chi connectivity index (χ4v) is 5.08. The molecule has 0 heterocycles. The molecule has 2 aliphatic carbocycles. The molecule has 0 amide bonds. The van der Waals surface area contributed by atoms with Gasteiger partial charge in [0.25, 0.3) is 0 Å². The minimum Gasteiger partial charge on any atom is -0.299 e. The molecule has 1 aromatic rings. The van der Waals surface area contributed by atoms with Gasteiger partial charge in [-0.05, 0) is 28.7 Å². The molecule has 2 fully saturated rings. The highest BCUT2D eigenvalue weighted by Gasteiger charge is 2.51. The number of carbonyl (C=O) groups excluding carboxylic acids is 4. The molecule has 1 aromatic carbocycles. The third-order valence-electron chi connectivity index (χ3n) is 6.17. The van der Waals surface area contributed by atoms with Crippen LogP contribution in [0.25, 0.3) is 0 Å². The summed E-state index contributed by atoms with van der Waals surface area (Å²) in [6.07, 6.45) is 1.65. The molecule has 2 aliphatic rings. The van der Waals surface area contributed by atoms with Crippen LogP contribution in [0.15, 0.2) is 30.3 Å². The Morgan fingerprint density at radius 3 is 1.43 bits per heavy atom. The monoisotopic (exact) mass is 382 g/mol. The van der Waals surface area contributed by atoms with Crippen molar-refractivity contribution >= 4 is 23.1 Å². The summed E-state index contributed by atoms with van der Waals surface area (Å²) in [5, 5.41) is 0. The molecule has 0 radical (unpaired) electrons. The van der Waals surface area contributed by atoms with E-state index < -0.39 is 17.8 Å². The Morgan fingerprint density at radius 1 is 0.714 bits per heavy atom. The van der Waals surface area contributed by atoms with E-state index in [0.29, 0.717) is 32.1 Å². The molecule has 0 N–H and O–H groups in total. The van der Waals surface area contributed by atoms with E-state index in [1.54, 1.807) is 0 Å². The largest absolute Gasteiger partial charge is 0.299 e. The average molecular weight is 383 g/mol. The maximum Gasteiger partial charge on any atom is 0.144 e. The summed E-state index contributed by atoms with van der Waals surface area (Å²) in [6.45, 7) is 7.69. The lowest BCUT2D eigenvalue weighted by Crippen LogP contribution is -2.50. The van der Waals surface area contributed by atoms with Gasteiger partial charge in [0.2, 0.25) is 0 Å². The second-order valence-corrected chi connectivity index (χ2v) is 10.2. The zero-order chi connectivity index (χ0) is 20.7. The van der Waals surface area contributed by atoms with Gasteiger partial charge < -0.3 is 0 Å². The molecule has 0 aliphatic heterocycles. The first-order valence-electron chi connectivity index (χ1n) is 10.1. The molecule has 150 valence electrons. The maximum atomic E-state index is 13.0. The van der Waals surface area contributed by atoms with E-state index in [-0.39, 0.29) is 34.0 Å². The van der Waals surface area contributed by atoms with E-state index in [1.165, 1.54) is 0 Å². The average Bonchev–Trinajstić information content (AvgIpc) is 2.51. The SMILES string of the molecule is CC1(C)CC(=O)C(C(Cc2ccccc2)C2C(=O)CC(C)(C)CC2=O)C(=O)C1. The van der Waals surface area contributed by atoms with Gasteiger partial charge in [-0.1, -0.05) is 58.0 Å². The molecular formula is C24H30O4. The summed E-state index contributed by atoms with van der Waals surface area (Å²) >= 11 is 0. The van der Waals surface area contributed by atoms with Crippen molar-refractivity contribution in [2.45, 2.75) is 59.8 Å². The number of rotatable bonds is 4. The minimum atomic E-state index is -0.854. The van der Waals surface area contributed by atoms with Crippen molar-refractivity contribution in [2.24, 2.45) is 28.6 Å². The molecule has 28 heavy (non-hydrogen) atoms. The quantitative estimate of drug-likeness (QED) is 0.738. The normalized spacial score (nSPS) is 23.5. The fraction of sp³-hybridized carbons (Fsp3) is 0.583. The minimum absolute atomic E-state index is 0.118. The Bertz CT molecular complexity index is 715. The van der Waals surface area contributed by atoms with Crippen molar-refractivity contribution in [3.8, 4) is 0 Å². The van der Waals surface area contributed by atoms with Gasteiger partial charge >= 0.3 is 0 Å². The number of Topliss-reactive ketones (excluding diaryl/α,β-unsaturated/α-hetero) is 4. The van der Waals surface area contributed by atoms with E-state index in [1.807, 2.05) is 58.0 Å². The van der Waals surface area contributed by atoms with Crippen LogP contribution in [-0.2, 0) is 25.6 Å². The Hall–Kier alpha value is -2.10. The second kappa shape index (κ2) is 7.38. The Kier molecular flexibility index (Phi) is 5.44. The van der Waals surface area contributed by atoms with Crippen LogP contribution in [0, 0.1) is 28.6 Å². The van der Waals surface area contributed by atoms with Crippen LogP contribution in [-0.4, -0.2) is 23.1 Å². The number of carbonyl (C=O) groups is 4. The molecule has 0 aromatic heterocycles. The van der Waals surface area contributed by atoms with Gasteiger partial charge in [-0.25, -0.2) is 0 Å². The number of hydrogen-bond donors (Lipinski definition) is 0. The predicted octanol–water partition coefficient (Wildman–Crippen LogP) is 3.99. The molecule has 0 spiro atoms. The van der Waals surface area contributed by atoms with Crippen LogP contribution < -0.4 is 0 Å². The molecule has 0 atom stereocenters. The molecule has 0 bridgehead atoms. The van der Waals surface area contributed by atoms with Crippen molar-refractivity contribution < 1.29 is 19.2 Å². The Labute approximate surface area is 167 Å². The van der Waals surface area contributed by atoms with Gasteiger partial charge in [0, 0.05) is 25.7 Å². The smallest absolute Gasteiger partial charge is 0.144 e. The molecule has 4 heteroatoms. The zero-order valence-corrected chi connectivity index (χ0v) is 17.3. The van der Waals surface area contributed by atoms with E-state index in [2.05, 4.69) is 0 Å². The highest BCUT2D eigenvalue weighted by Crippen LogP contribution is 2.44. The van der Waals surface area contributed by atoms with Crippen LogP contribution in [0.5, 0.6) is 0 Å². The van der Waals surface area contributed by atoms with Gasteiger partial charge in [-0.3, -0.25) is 19.2 Å². The van der Waals surface area contributed by atoms with Gasteiger partial charge in [-0.15, -0.1) is 0 Å². The first-order valence-corrected chi connectivity index (χ1v) is 10.1. The third kappa shape index (κ3) is 4.31. The van der Waals surface area contributed by atoms with Crippen LogP contribution in [0.2, 0.25) is 0 Å². The van der Waals surface area contributed by atoms with Gasteiger partial charge in [-0.2, -0.15) is 0 Å². The van der Waals surface area contributed by atoms with Crippen LogP contribution >= 0.6 is 0 Å². The zero-order valence-electron chi connectivity index (χ0n) is 17.3. The Morgan fingerprint density at radius 2 is 1.07 bits per heavy atom. The molecule has 0 saturated heterocycles. The van der Waals surface area contributed by atoms with Crippen molar-refractivity contribution in [1.29, 1.82) is 0 Å². The Balaban J connectivity index is 1.98. The van der Waals surface area contributed by atoms with E-state index in [4.69, 9.17) is 0 Å². The summed E-state index contributed by atoms with van der Waals surface area (Å²) in [7, 11) is 0. The highest BCUT2D eigenvalue weighted by atomic mass is 16.2. The molecular weight excluding hydrogens is 352 g/mol. The third-order valence-corrected chi connectivity index (χ3v) is 6.17. The van der Waals surface area contributed by atoms with Gasteiger partial charge in [0.15, 0.2) is 0 Å². The number of hydrogen-bond acceptors (Lipinski definition) is 4. The molecule has 3 rings (SSSR count). The van der Waals surface area contributed by atoms with Crippen molar-refractivity contribution in [3.63, 3.8) is 0 Å². The van der Waals surface area contributed by atoms with Gasteiger partial charge in [0.05, 0.1) is 11.8 Å². The van der Waals surface area contributed by atoms with Crippen molar-refractivity contribution in [2.75, 3.05) is 0 Å². The first-order chi connectivity index (χ1) is 13.0. The molecule has 4 nitrogen and oxygen atoms in total. The van der Waals surface area contributed by atoms with Gasteiger partial charge in [0.1, 0.15) is 23.1 Å². The number of ketones is 4. The highest BCUT2D eigenvalue weighted by molar-refractivity contribution is 6.10. The van der Waals surface area contributed by atoms with Crippen LogP contribution in [0.3, 0.4) is 0 Å². The van der Waals surface area contributed by atoms with Crippen LogP contribution in [0.1, 0.15) is 58.9 Å². The fourth-order valence-electron chi connectivity index (χ4n) is 5.08. The predicted molar refractivity (Wildman–Crippen MR) is 107 cm³/mol. The molecule has 0 unspecified atom stereocenters. The van der Waals surface area contributed by atoms with Crippen molar-refractivity contribution in [1.82, 2.24) is 0 Å². The maximum absolute atomic E-state index is 13.0. The van der Waals surface area contributed by atoms with E-state index >= 15 is 0 Å². The van der Waals surface area contributed by atoms with E-state index in [9.17, 15) is 19.2 Å². The summed E-state index contributed by atoms with van der Waals surface area (Å²) in [4.78, 5) is 52.0. The topological polar surface area (TPSA) is 68.3 Å².